The van der Waals surface area contributed by atoms with Gasteiger partial charge in [-0.1, -0.05) is 30.3 Å². The molecule has 11 heteroatoms. The number of sulfonamides is 1. The molecular formula is C21H21F3N2O5S. The second kappa shape index (κ2) is 10.4. The third kappa shape index (κ3) is 6.92. The Kier molecular flexibility index (Phi) is 8.17. The molecule has 0 spiro atoms. The van der Waals surface area contributed by atoms with E-state index in [1.807, 2.05) is 0 Å². The molecule has 32 heavy (non-hydrogen) atoms. The standard InChI is InChI=1S/C21H21F3N2O5S/c1-26(2)32(29,30)18-9-4-3-7-16(18)13-25-19(27)14-31-20(28)11-10-15-6-5-8-17(12-15)21(22,23)24/h3-12H,13-14H2,1-2H3,(H,25,27)/b11-10+. The minimum atomic E-state index is -4.51. The molecular weight excluding hydrogens is 449 g/mol. The summed E-state index contributed by atoms with van der Waals surface area (Å²) in [5.74, 6) is -1.60. The Hall–Kier alpha value is -3.18. The first-order valence-electron chi connectivity index (χ1n) is 9.20. The number of benzene rings is 2. The first-order valence-corrected chi connectivity index (χ1v) is 10.6. The fourth-order valence-electron chi connectivity index (χ4n) is 2.51. The summed E-state index contributed by atoms with van der Waals surface area (Å²) in [5, 5.41) is 2.46. The highest BCUT2D eigenvalue weighted by molar-refractivity contribution is 7.89. The molecule has 0 heterocycles. The summed E-state index contributed by atoms with van der Waals surface area (Å²) in [6, 6.07) is 10.5. The van der Waals surface area contributed by atoms with Gasteiger partial charge in [0.15, 0.2) is 6.61 Å². The maximum atomic E-state index is 12.7. The molecule has 0 aliphatic heterocycles. The minimum absolute atomic E-state index is 0.0336. The molecule has 7 nitrogen and oxygen atoms in total. The Labute approximate surface area is 183 Å². The molecule has 0 aliphatic carbocycles. The van der Waals surface area contributed by atoms with Gasteiger partial charge in [0.05, 0.1) is 10.5 Å². The quantitative estimate of drug-likeness (QED) is 0.473. The number of carbonyl (C=O) groups is 2. The van der Waals surface area contributed by atoms with E-state index in [2.05, 4.69) is 5.32 Å². The lowest BCUT2D eigenvalue weighted by Crippen LogP contribution is -2.29. The van der Waals surface area contributed by atoms with Gasteiger partial charge in [-0.3, -0.25) is 4.79 Å². The second-order valence-corrected chi connectivity index (χ2v) is 8.86. The Morgan fingerprint density at radius 2 is 1.78 bits per heavy atom. The van der Waals surface area contributed by atoms with E-state index in [1.165, 1.54) is 32.3 Å². The topological polar surface area (TPSA) is 92.8 Å². The van der Waals surface area contributed by atoms with Crippen molar-refractivity contribution in [3.8, 4) is 0 Å². The molecule has 2 aromatic rings. The van der Waals surface area contributed by atoms with E-state index < -0.39 is 40.2 Å². The Balaban J connectivity index is 1.91. The second-order valence-electron chi connectivity index (χ2n) is 6.74. The number of nitrogens with one attached hydrogen (secondary N) is 1. The van der Waals surface area contributed by atoms with Crippen molar-refractivity contribution in [1.82, 2.24) is 9.62 Å². The van der Waals surface area contributed by atoms with Crippen LogP contribution in [-0.2, 0) is 37.1 Å². The average molecular weight is 470 g/mol. The zero-order valence-electron chi connectivity index (χ0n) is 17.2. The van der Waals surface area contributed by atoms with Crippen LogP contribution in [0.15, 0.2) is 59.5 Å². The van der Waals surface area contributed by atoms with Crippen LogP contribution in [0.5, 0.6) is 0 Å². The van der Waals surface area contributed by atoms with Gasteiger partial charge < -0.3 is 10.1 Å². The maximum Gasteiger partial charge on any atom is 0.416 e. The predicted octanol–water partition coefficient (Wildman–Crippen LogP) is 2.83. The summed E-state index contributed by atoms with van der Waals surface area (Å²) >= 11 is 0. The van der Waals surface area contributed by atoms with E-state index in [9.17, 15) is 31.2 Å². The van der Waals surface area contributed by atoms with E-state index in [-0.39, 0.29) is 17.0 Å². The van der Waals surface area contributed by atoms with Gasteiger partial charge in [0.1, 0.15) is 0 Å². The van der Waals surface area contributed by atoms with E-state index in [0.717, 1.165) is 28.6 Å². The van der Waals surface area contributed by atoms with Crippen LogP contribution in [0.4, 0.5) is 13.2 Å². The number of carbonyl (C=O) groups excluding carboxylic acids is 2. The first-order chi connectivity index (χ1) is 14.9. The normalized spacial score (nSPS) is 12.2. The molecule has 1 N–H and O–H groups in total. The number of rotatable bonds is 8. The van der Waals surface area contributed by atoms with Gasteiger partial charge >= 0.3 is 12.1 Å². The van der Waals surface area contributed by atoms with Crippen molar-refractivity contribution < 1.29 is 35.9 Å². The molecule has 0 radical (unpaired) electrons. The van der Waals surface area contributed by atoms with E-state index >= 15 is 0 Å². The number of ether oxygens (including phenoxy) is 1. The number of alkyl halides is 3. The molecule has 0 saturated heterocycles. The highest BCUT2D eigenvalue weighted by atomic mass is 32.2. The molecule has 0 unspecified atom stereocenters. The summed E-state index contributed by atoms with van der Waals surface area (Å²) in [5.41, 5.74) is -0.366. The van der Waals surface area contributed by atoms with Crippen molar-refractivity contribution in [2.24, 2.45) is 0 Å². The molecule has 2 aromatic carbocycles. The Morgan fingerprint density at radius 3 is 2.44 bits per heavy atom. The number of halogens is 3. The Bertz CT molecular complexity index is 1110. The summed E-state index contributed by atoms with van der Waals surface area (Å²) in [6.07, 6.45) is -2.47. The van der Waals surface area contributed by atoms with Crippen LogP contribution in [0.1, 0.15) is 16.7 Å². The summed E-state index contributed by atoms with van der Waals surface area (Å²) in [7, 11) is -0.938. The minimum Gasteiger partial charge on any atom is -0.452 e. The molecule has 1 amide bonds. The van der Waals surface area contributed by atoms with Crippen molar-refractivity contribution in [2.75, 3.05) is 20.7 Å². The third-order valence-corrected chi connectivity index (χ3v) is 6.09. The fraction of sp³-hybridized carbons (Fsp3) is 0.238. The molecule has 0 atom stereocenters. The number of esters is 1. The zero-order chi connectivity index (χ0) is 23.9. The van der Waals surface area contributed by atoms with Crippen LogP contribution in [-0.4, -0.2) is 45.3 Å². The van der Waals surface area contributed by atoms with Gasteiger partial charge in [0, 0.05) is 26.7 Å². The summed E-state index contributed by atoms with van der Waals surface area (Å²) < 4.78 is 68.6. The highest BCUT2D eigenvalue weighted by Gasteiger charge is 2.30. The van der Waals surface area contributed by atoms with Crippen LogP contribution in [0.2, 0.25) is 0 Å². The van der Waals surface area contributed by atoms with Gasteiger partial charge in [-0.15, -0.1) is 0 Å². The summed E-state index contributed by atoms with van der Waals surface area (Å²) in [4.78, 5) is 23.7. The predicted molar refractivity (Wildman–Crippen MR) is 111 cm³/mol. The smallest absolute Gasteiger partial charge is 0.416 e. The van der Waals surface area contributed by atoms with Gasteiger partial charge in [0.2, 0.25) is 10.0 Å². The number of hydrogen-bond acceptors (Lipinski definition) is 5. The summed E-state index contributed by atoms with van der Waals surface area (Å²) in [6.45, 7) is -0.756. The maximum absolute atomic E-state index is 12.7. The van der Waals surface area contributed by atoms with E-state index in [1.54, 1.807) is 18.2 Å². The molecule has 0 aliphatic rings. The highest BCUT2D eigenvalue weighted by Crippen LogP contribution is 2.29. The van der Waals surface area contributed by atoms with Crippen LogP contribution in [0.25, 0.3) is 6.08 Å². The lowest BCUT2D eigenvalue weighted by molar-refractivity contribution is -0.143. The molecule has 0 aromatic heterocycles. The van der Waals surface area contributed by atoms with Gasteiger partial charge in [-0.05, 0) is 35.4 Å². The zero-order valence-corrected chi connectivity index (χ0v) is 18.0. The lowest BCUT2D eigenvalue weighted by Gasteiger charge is -2.15. The van der Waals surface area contributed by atoms with Crippen LogP contribution >= 0.6 is 0 Å². The van der Waals surface area contributed by atoms with E-state index in [4.69, 9.17) is 4.74 Å². The van der Waals surface area contributed by atoms with Gasteiger partial charge in [0.25, 0.3) is 5.91 Å². The van der Waals surface area contributed by atoms with Crippen LogP contribution in [0.3, 0.4) is 0 Å². The van der Waals surface area contributed by atoms with Crippen LogP contribution < -0.4 is 5.32 Å². The molecule has 2 rings (SSSR count). The molecule has 172 valence electrons. The first kappa shape index (κ1) is 25.1. The number of hydrogen-bond donors (Lipinski definition) is 1. The lowest BCUT2D eigenvalue weighted by atomic mass is 10.1. The van der Waals surface area contributed by atoms with Crippen molar-refractivity contribution in [2.45, 2.75) is 17.6 Å². The van der Waals surface area contributed by atoms with Crippen LogP contribution in [0, 0.1) is 0 Å². The molecule has 0 fully saturated rings. The van der Waals surface area contributed by atoms with E-state index in [0.29, 0.717) is 5.56 Å². The SMILES string of the molecule is CN(C)S(=O)(=O)c1ccccc1CNC(=O)COC(=O)/C=C/c1cccc(C(F)(F)F)c1. The average Bonchev–Trinajstić information content (AvgIpc) is 2.74. The van der Waals surface area contributed by atoms with Gasteiger partial charge in [-0.25, -0.2) is 17.5 Å². The largest absolute Gasteiger partial charge is 0.452 e. The van der Waals surface area contributed by atoms with Gasteiger partial charge in [-0.2, -0.15) is 13.2 Å². The fourth-order valence-corrected chi connectivity index (χ4v) is 3.63. The Morgan fingerprint density at radius 1 is 1.09 bits per heavy atom. The van der Waals surface area contributed by atoms with Crippen molar-refractivity contribution in [3.05, 3.63) is 71.3 Å². The third-order valence-electron chi connectivity index (χ3n) is 4.18. The monoisotopic (exact) mass is 470 g/mol. The molecule has 0 saturated carbocycles. The van der Waals surface area contributed by atoms with Crippen molar-refractivity contribution in [3.63, 3.8) is 0 Å². The van der Waals surface area contributed by atoms with Crippen molar-refractivity contribution in [1.29, 1.82) is 0 Å². The number of amides is 1. The number of nitrogens with zero attached hydrogens (tertiary/aromatic N) is 1. The molecule has 0 bridgehead atoms. The van der Waals surface area contributed by atoms with Crippen molar-refractivity contribution >= 4 is 28.0 Å².